The third kappa shape index (κ3) is 1.35. The van der Waals surface area contributed by atoms with Crippen molar-refractivity contribution in [1.29, 1.82) is 5.26 Å². The molecule has 0 radical (unpaired) electrons. The van der Waals surface area contributed by atoms with E-state index in [2.05, 4.69) is 13.0 Å². The lowest BCUT2D eigenvalue weighted by molar-refractivity contribution is 0.107. The van der Waals surface area contributed by atoms with Crippen molar-refractivity contribution >= 4 is 0 Å². The Morgan fingerprint density at radius 1 is 1.25 bits per heavy atom. The highest BCUT2D eigenvalue weighted by Crippen LogP contribution is 2.48. The summed E-state index contributed by atoms with van der Waals surface area (Å²) in [6, 6.07) is 2.51. The number of hydrogen-bond donors (Lipinski definition) is 0. The van der Waals surface area contributed by atoms with Crippen LogP contribution in [0.4, 0.5) is 0 Å². The average molecular weight is 163 g/mol. The fourth-order valence-electron chi connectivity index (χ4n) is 3.22. The van der Waals surface area contributed by atoms with Crippen LogP contribution in [-0.4, -0.2) is 0 Å². The van der Waals surface area contributed by atoms with E-state index in [-0.39, 0.29) is 5.41 Å². The van der Waals surface area contributed by atoms with Crippen LogP contribution in [0.25, 0.3) is 0 Å². The highest BCUT2D eigenvalue weighted by atomic mass is 14.4. The third-order valence-corrected chi connectivity index (χ3v) is 3.64. The highest BCUT2D eigenvalue weighted by molar-refractivity contribution is 5.02. The van der Waals surface area contributed by atoms with Gasteiger partial charge in [-0.15, -0.1) is 0 Å². The van der Waals surface area contributed by atoms with Gasteiger partial charge in [0, 0.05) is 0 Å². The van der Waals surface area contributed by atoms with E-state index in [1.54, 1.807) is 0 Å². The monoisotopic (exact) mass is 163 g/mol. The molecule has 66 valence electrons. The van der Waals surface area contributed by atoms with Crippen LogP contribution in [0.1, 0.15) is 45.4 Å². The average Bonchev–Trinajstić information content (AvgIpc) is 2.03. The van der Waals surface area contributed by atoms with E-state index in [1.807, 2.05) is 0 Å². The Morgan fingerprint density at radius 3 is 2.33 bits per heavy atom. The molecule has 0 aromatic carbocycles. The van der Waals surface area contributed by atoms with Crippen LogP contribution in [0, 0.1) is 28.6 Å². The first kappa shape index (κ1) is 8.10. The van der Waals surface area contributed by atoms with Gasteiger partial charge >= 0.3 is 0 Å². The predicted molar refractivity (Wildman–Crippen MR) is 48.4 cm³/mol. The molecule has 1 nitrogen and oxygen atoms in total. The third-order valence-electron chi connectivity index (χ3n) is 3.64. The first-order valence-electron chi connectivity index (χ1n) is 5.13. The summed E-state index contributed by atoms with van der Waals surface area (Å²) in [7, 11) is 0. The van der Waals surface area contributed by atoms with Crippen molar-refractivity contribution in [2.45, 2.75) is 45.4 Å². The second-order valence-electron chi connectivity index (χ2n) is 4.98. The van der Waals surface area contributed by atoms with Gasteiger partial charge in [-0.3, -0.25) is 0 Å². The van der Waals surface area contributed by atoms with Gasteiger partial charge in [0.05, 0.1) is 11.5 Å². The van der Waals surface area contributed by atoms with Crippen molar-refractivity contribution in [3.8, 4) is 6.07 Å². The zero-order chi connectivity index (χ0) is 8.60. The van der Waals surface area contributed by atoms with Crippen LogP contribution in [0.5, 0.6) is 0 Å². The summed E-state index contributed by atoms with van der Waals surface area (Å²) < 4.78 is 0. The largest absolute Gasteiger partial charge is 0.198 e. The number of hydrogen-bond acceptors (Lipinski definition) is 1. The topological polar surface area (TPSA) is 23.8 Å². The molecule has 0 heterocycles. The van der Waals surface area contributed by atoms with Gasteiger partial charge in [-0.1, -0.05) is 19.3 Å². The summed E-state index contributed by atoms with van der Waals surface area (Å²) in [6.45, 7) is 2.15. The van der Waals surface area contributed by atoms with Gasteiger partial charge in [0.15, 0.2) is 0 Å². The van der Waals surface area contributed by atoms with Crippen LogP contribution >= 0.6 is 0 Å². The maximum atomic E-state index is 9.06. The Balaban J connectivity index is 2.11. The Kier molecular flexibility index (Phi) is 1.87. The van der Waals surface area contributed by atoms with Crippen molar-refractivity contribution < 1.29 is 0 Å². The molecule has 0 N–H and O–H groups in total. The standard InChI is InChI=1S/C11H17N/c1-11(8-12)6-9-3-2-4-10(5-9)7-11/h9-10H,2-7H2,1H3. The SMILES string of the molecule is CC1(C#N)CC2CCCC(C2)C1. The maximum absolute atomic E-state index is 9.06. The van der Waals surface area contributed by atoms with Crippen molar-refractivity contribution in [1.82, 2.24) is 0 Å². The summed E-state index contributed by atoms with van der Waals surface area (Å²) >= 11 is 0. The zero-order valence-corrected chi connectivity index (χ0v) is 7.84. The van der Waals surface area contributed by atoms with E-state index in [0.29, 0.717) is 0 Å². The molecule has 0 aromatic heterocycles. The van der Waals surface area contributed by atoms with E-state index in [0.717, 1.165) is 11.8 Å². The maximum Gasteiger partial charge on any atom is 0.0687 e. The Bertz CT molecular complexity index is 202. The highest BCUT2D eigenvalue weighted by Gasteiger charge is 2.38. The lowest BCUT2D eigenvalue weighted by Gasteiger charge is -2.41. The molecule has 0 aromatic rings. The molecule has 0 amide bonds. The van der Waals surface area contributed by atoms with Crippen molar-refractivity contribution in [3.05, 3.63) is 0 Å². The molecule has 2 bridgehead atoms. The molecule has 12 heavy (non-hydrogen) atoms. The van der Waals surface area contributed by atoms with E-state index in [9.17, 15) is 0 Å². The molecule has 0 aliphatic heterocycles. The molecule has 2 aliphatic carbocycles. The van der Waals surface area contributed by atoms with Crippen LogP contribution in [0.2, 0.25) is 0 Å². The fourth-order valence-corrected chi connectivity index (χ4v) is 3.22. The quantitative estimate of drug-likeness (QED) is 0.538. The Morgan fingerprint density at radius 2 is 1.83 bits per heavy atom. The van der Waals surface area contributed by atoms with Gasteiger partial charge in [0.1, 0.15) is 0 Å². The molecule has 2 aliphatic rings. The smallest absolute Gasteiger partial charge is 0.0687 e. The number of nitrogens with zero attached hydrogens (tertiary/aromatic N) is 1. The van der Waals surface area contributed by atoms with Crippen LogP contribution in [0.3, 0.4) is 0 Å². The summed E-state index contributed by atoms with van der Waals surface area (Å²) in [5.41, 5.74) is 0.0218. The molecule has 2 atom stereocenters. The van der Waals surface area contributed by atoms with Crippen molar-refractivity contribution in [2.75, 3.05) is 0 Å². The molecular weight excluding hydrogens is 146 g/mol. The molecule has 0 saturated heterocycles. The van der Waals surface area contributed by atoms with Crippen LogP contribution in [0.15, 0.2) is 0 Å². The molecule has 2 fully saturated rings. The first-order chi connectivity index (χ1) is 5.72. The fraction of sp³-hybridized carbons (Fsp3) is 0.909. The van der Waals surface area contributed by atoms with Gasteiger partial charge in [-0.05, 0) is 38.0 Å². The van der Waals surface area contributed by atoms with Gasteiger partial charge in [-0.25, -0.2) is 0 Å². The van der Waals surface area contributed by atoms with Crippen LogP contribution < -0.4 is 0 Å². The number of fused-ring (bicyclic) bond motifs is 2. The molecule has 0 spiro atoms. The first-order valence-corrected chi connectivity index (χ1v) is 5.13. The lowest BCUT2D eigenvalue weighted by Crippen LogP contribution is -2.32. The van der Waals surface area contributed by atoms with Gasteiger partial charge in [0.25, 0.3) is 0 Å². The summed E-state index contributed by atoms with van der Waals surface area (Å²) in [5, 5.41) is 9.06. The molecule has 2 rings (SSSR count). The van der Waals surface area contributed by atoms with Crippen molar-refractivity contribution in [3.63, 3.8) is 0 Å². The van der Waals surface area contributed by atoms with E-state index >= 15 is 0 Å². The van der Waals surface area contributed by atoms with E-state index in [4.69, 9.17) is 5.26 Å². The van der Waals surface area contributed by atoms with E-state index < -0.39 is 0 Å². The van der Waals surface area contributed by atoms with Gasteiger partial charge < -0.3 is 0 Å². The Hall–Kier alpha value is -0.510. The minimum atomic E-state index is 0.0218. The summed E-state index contributed by atoms with van der Waals surface area (Å²) in [4.78, 5) is 0. The van der Waals surface area contributed by atoms with E-state index in [1.165, 1.54) is 38.5 Å². The minimum Gasteiger partial charge on any atom is -0.198 e. The van der Waals surface area contributed by atoms with Crippen molar-refractivity contribution in [2.24, 2.45) is 17.3 Å². The second kappa shape index (κ2) is 2.76. The second-order valence-corrected chi connectivity index (χ2v) is 4.98. The minimum absolute atomic E-state index is 0.0218. The number of nitriles is 1. The molecule has 1 heteroatoms. The predicted octanol–water partition coefficient (Wildman–Crippen LogP) is 3.12. The molecule has 2 saturated carbocycles. The molecular formula is C11H17N. The zero-order valence-electron chi connectivity index (χ0n) is 7.84. The lowest BCUT2D eigenvalue weighted by atomic mass is 9.62. The molecule has 2 unspecified atom stereocenters. The summed E-state index contributed by atoms with van der Waals surface area (Å²) in [6.07, 6.45) is 7.93. The number of rotatable bonds is 0. The van der Waals surface area contributed by atoms with Gasteiger partial charge in [-0.2, -0.15) is 5.26 Å². The normalized spacial score (nSPS) is 46.7. The van der Waals surface area contributed by atoms with Crippen LogP contribution in [-0.2, 0) is 0 Å². The van der Waals surface area contributed by atoms with Gasteiger partial charge in [0.2, 0.25) is 0 Å². The summed E-state index contributed by atoms with van der Waals surface area (Å²) in [5.74, 6) is 1.75. The Labute approximate surface area is 74.8 Å².